The Morgan fingerprint density at radius 3 is 2.52 bits per heavy atom. The van der Waals surface area contributed by atoms with Crippen molar-refractivity contribution in [2.24, 2.45) is 0 Å². The predicted molar refractivity (Wildman–Crippen MR) is 104 cm³/mol. The topological polar surface area (TPSA) is 78.5 Å². The Kier molecular flexibility index (Phi) is 5.68. The molecule has 0 radical (unpaired) electrons. The molecule has 6 nitrogen and oxygen atoms in total. The van der Waals surface area contributed by atoms with Crippen LogP contribution in [0.15, 0.2) is 12.1 Å². The lowest BCUT2D eigenvalue weighted by molar-refractivity contribution is -0.133. The number of amides is 4. The van der Waals surface area contributed by atoms with Crippen LogP contribution in [0, 0.1) is 6.92 Å². The van der Waals surface area contributed by atoms with Crippen molar-refractivity contribution in [2.45, 2.75) is 51.0 Å². The molecule has 2 aliphatic rings. The van der Waals surface area contributed by atoms with Gasteiger partial charge >= 0.3 is 6.03 Å². The van der Waals surface area contributed by atoms with Crippen LogP contribution in [-0.4, -0.2) is 41.4 Å². The Bertz CT molecular complexity index is 791. The van der Waals surface area contributed by atoms with Crippen LogP contribution in [0.2, 0.25) is 10.0 Å². The largest absolute Gasteiger partial charge is 0.343 e. The zero-order valence-electron chi connectivity index (χ0n) is 15.4. The molecule has 1 aromatic rings. The average Bonchev–Trinajstić information content (AvgIpc) is 2.88. The summed E-state index contributed by atoms with van der Waals surface area (Å²) >= 11 is 12.4. The van der Waals surface area contributed by atoms with E-state index < -0.39 is 11.6 Å². The quantitative estimate of drug-likeness (QED) is 0.745. The molecule has 0 aromatic heterocycles. The van der Waals surface area contributed by atoms with Crippen molar-refractivity contribution in [2.75, 3.05) is 13.1 Å². The molecule has 2 heterocycles. The maximum Gasteiger partial charge on any atom is 0.322 e. The van der Waals surface area contributed by atoms with E-state index in [-0.39, 0.29) is 24.7 Å². The lowest BCUT2D eigenvalue weighted by Crippen LogP contribution is -2.45. The van der Waals surface area contributed by atoms with Crippen molar-refractivity contribution in [3.05, 3.63) is 33.3 Å². The molecule has 3 rings (SSSR count). The van der Waals surface area contributed by atoms with Gasteiger partial charge < -0.3 is 10.2 Å². The van der Waals surface area contributed by atoms with Gasteiger partial charge in [-0.05, 0) is 62.3 Å². The van der Waals surface area contributed by atoms with Crippen LogP contribution in [0.4, 0.5) is 4.79 Å². The fraction of sp³-hybridized carbons (Fsp3) is 0.526. The molecule has 2 N–H and O–H groups in total. The minimum absolute atomic E-state index is 0.00414. The Morgan fingerprint density at radius 2 is 1.93 bits per heavy atom. The summed E-state index contributed by atoms with van der Waals surface area (Å²) < 4.78 is 0. The highest BCUT2D eigenvalue weighted by atomic mass is 35.5. The van der Waals surface area contributed by atoms with E-state index in [0.29, 0.717) is 29.1 Å². The number of likely N-dealkylation sites (tertiary alicyclic amines) is 1. The third kappa shape index (κ3) is 4.22. The minimum atomic E-state index is -1.01. The molecule has 27 heavy (non-hydrogen) atoms. The number of urea groups is 1. The molecule has 2 saturated heterocycles. The Hall–Kier alpha value is -1.79. The van der Waals surface area contributed by atoms with Crippen LogP contribution >= 0.6 is 23.2 Å². The maximum absolute atomic E-state index is 12.5. The SMILES string of the molecule is Cc1c(Cl)cc(Cl)cc1C1CCN(C(=O)CCC2(C)NC(=O)NC2=O)CC1. The van der Waals surface area contributed by atoms with Crippen molar-refractivity contribution in [1.29, 1.82) is 0 Å². The Morgan fingerprint density at radius 1 is 1.26 bits per heavy atom. The smallest absolute Gasteiger partial charge is 0.322 e. The number of carbonyl (C=O) groups is 3. The summed E-state index contributed by atoms with van der Waals surface area (Å²) in [5, 5.41) is 6.10. The van der Waals surface area contributed by atoms with E-state index in [0.717, 1.165) is 24.0 Å². The zero-order valence-corrected chi connectivity index (χ0v) is 16.9. The molecular formula is C19H23Cl2N3O3. The third-order valence-electron chi connectivity index (χ3n) is 5.59. The van der Waals surface area contributed by atoms with E-state index in [1.165, 1.54) is 0 Å². The first-order chi connectivity index (χ1) is 12.7. The fourth-order valence-electron chi connectivity index (χ4n) is 3.80. The predicted octanol–water partition coefficient (Wildman–Crippen LogP) is 3.39. The molecule has 4 amide bonds. The van der Waals surface area contributed by atoms with Crippen LogP contribution in [0.3, 0.4) is 0 Å². The second-order valence-corrected chi connectivity index (χ2v) is 8.34. The molecule has 1 unspecified atom stereocenters. The molecule has 0 spiro atoms. The van der Waals surface area contributed by atoms with Crippen molar-refractivity contribution in [3.8, 4) is 0 Å². The molecule has 1 atom stereocenters. The lowest BCUT2D eigenvalue weighted by Gasteiger charge is -2.33. The van der Waals surface area contributed by atoms with Gasteiger partial charge in [-0.3, -0.25) is 14.9 Å². The molecule has 8 heteroatoms. The fourth-order valence-corrected chi connectivity index (χ4v) is 4.31. The molecular weight excluding hydrogens is 389 g/mol. The van der Waals surface area contributed by atoms with E-state index >= 15 is 0 Å². The van der Waals surface area contributed by atoms with E-state index in [4.69, 9.17) is 23.2 Å². The van der Waals surface area contributed by atoms with Crippen molar-refractivity contribution < 1.29 is 14.4 Å². The zero-order chi connectivity index (χ0) is 19.8. The van der Waals surface area contributed by atoms with Crippen LogP contribution in [0.25, 0.3) is 0 Å². The molecule has 1 aromatic carbocycles. The standard InChI is InChI=1S/C19H23Cl2N3O3/c1-11-14(9-13(20)10-15(11)21)12-4-7-24(8-5-12)16(25)3-6-19(2)17(26)22-18(27)23-19/h9-10,12H,3-8H2,1-2H3,(H2,22,23,26,27). The van der Waals surface area contributed by atoms with E-state index in [9.17, 15) is 14.4 Å². The average molecular weight is 412 g/mol. The number of rotatable bonds is 4. The van der Waals surface area contributed by atoms with Gasteiger partial charge in [0.05, 0.1) is 0 Å². The first-order valence-electron chi connectivity index (χ1n) is 9.06. The van der Waals surface area contributed by atoms with E-state index in [1.54, 1.807) is 13.0 Å². The summed E-state index contributed by atoms with van der Waals surface area (Å²) in [4.78, 5) is 37.5. The van der Waals surface area contributed by atoms with Gasteiger partial charge in [-0.2, -0.15) is 0 Å². The summed E-state index contributed by atoms with van der Waals surface area (Å²) in [6.45, 7) is 4.94. The highest BCUT2D eigenvalue weighted by Gasteiger charge is 2.42. The molecule has 2 aliphatic heterocycles. The summed E-state index contributed by atoms with van der Waals surface area (Å²) in [6, 6.07) is 3.21. The summed E-state index contributed by atoms with van der Waals surface area (Å²) in [7, 11) is 0. The highest BCUT2D eigenvalue weighted by molar-refractivity contribution is 6.35. The summed E-state index contributed by atoms with van der Waals surface area (Å²) in [5.41, 5.74) is 1.18. The molecule has 2 fully saturated rings. The van der Waals surface area contributed by atoms with Crippen molar-refractivity contribution >= 4 is 41.0 Å². The molecule has 0 bridgehead atoms. The molecule has 0 saturated carbocycles. The normalized spacial score (nSPS) is 23.3. The van der Waals surface area contributed by atoms with Crippen LogP contribution in [0.1, 0.15) is 49.7 Å². The number of benzene rings is 1. The lowest BCUT2D eigenvalue weighted by atomic mass is 9.86. The second kappa shape index (κ2) is 7.68. The van der Waals surface area contributed by atoms with Gasteiger partial charge in [-0.25, -0.2) is 4.79 Å². The number of hydrogen-bond donors (Lipinski definition) is 2. The number of piperidine rings is 1. The van der Waals surface area contributed by atoms with Gasteiger partial charge in [0, 0.05) is 29.6 Å². The van der Waals surface area contributed by atoms with Gasteiger partial charge in [-0.1, -0.05) is 23.2 Å². The van der Waals surface area contributed by atoms with Crippen LogP contribution in [0.5, 0.6) is 0 Å². The monoisotopic (exact) mass is 411 g/mol. The Labute approximate surface area is 168 Å². The van der Waals surface area contributed by atoms with Gasteiger partial charge in [0.15, 0.2) is 0 Å². The van der Waals surface area contributed by atoms with Gasteiger partial charge in [0.1, 0.15) is 5.54 Å². The number of halogens is 2. The van der Waals surface area contributed by atoms with Gasteiger partial charge in [-0.15, -0.1) is 0 Å². The number of hydrogen-bond acceptors (Lipinski definition) is 3. The number of carbonyl (C=O) groups excluding carboxylic acids is 3. The second-order valence-electron chi connectivity index (χ2n) is 7.50. The first-order valence-corrected chi connectivity index (χ1v) is 9.82. The minimum Gasteiger partial charge on any atom is -0.343 e. The summed E-state index contributed by atoms with van der Waals surface area (Å²) in [6.07, 6.45) is 2.19. The van der Waals surface area contributed by atoms with Gasteiger partial charge in [0.25, 0.3) is 5.91 Å². The molecule has 146 valence electrons. The first kappa shape index (κ1) is 20.0. The molecule has 0 aliphatic carbocycles. The Balaban J connectivity index is 1.56. The maximum atomic E-state index is 12.5. The van der Waals surface area contributed by atoms with Crippen LogP contribution < -0.4 is 10.6 Å². The highest BCUT2D eigenvalue weighted by Crippen LogP contribution is 2.35. The van der Waals surface area contributed by atoms with Crippen molar-refractivity contribution in [3.63, 3.8) is 0 Å². The summed E-state index contributed by atoms with van der Waals surface area (Å²) in [5.74, 6) is -0.0561. The van der Waals surface area contributed by atoms with Gasteiger partial charge in [0.2, 0.25) is 5.91 Å². The van der Waals surface area contributed by atoms with Crippen molar-refractivity contribution in [1.82, 2.24) is 15.5 Å². The van der Waals surface area contributed by atoms with Crippen LogP contribution in [-0.2, 0) is 9.59 Å². The van der Waals surface area contributed by atoms with E-state index in [1.807, 2.05) is 17.9 Å². The third-order valence-corrected chi connectivity index (χ3v) is 6.20. The number of nitrogens with one attached hydrogen (secondary N) is 2. The number of imide groups is 1. The van der Waals surface area contributed by atoms with E-state index in [2.05, 4.69) is 10.6 Å². The number of nitrogens with zero attached hydrogens (tertiary/aromatic N) is 1.